The van der Waals surface area contributed by atoms with Crippen molar-refractivity contribution >= 4 is 68.1 Å². The molecule has 1 aromatic heterocycles. The van der Waals surface area contributed by atoms with Crippen LogP contribution in [0.2, 0.25) is 9.36 Å². The number of hydrogen-bond acceptors (Lipinski definition) is 7. The van der Waals surface area contributed by atoms with Crippen LogP contribution in [0.4, 0.5) is 0 Å². The van der Waals surface area contributed by atoms with Gasteiger partial charge in [-0.3, -0.25) is 9.59 Å². The van der Waals surface area contributed by atoms with Gasteiger partial charge >= 0.3 is 0 Å². The summed E-state index contributed by atoms with van der Waals surface area (Å²) in [6.45, 7) is 5.97. The normalized spacial score (nSPS) is 18.2. The summed E-state index contributed by atoms with van der Waals surface area (Å²) in [6.07, 6.45) is -1.76. The van der Waals surface area contributed by atoms with Crippen molar-refractivity contribution in [2.75, 3.05) is 5.88 Å². The van der Waals surface area contributed by atoms with Crippen LogP contribution >= 0.6 is 46.3 Å². The maximum absolute atomic E-state index is 13.8. The number of thiophene rings is 1. The molecule has 0 aliphatic carbocycles. The third-order valence-electron chi connectivity index (χ3n) is 6.92. The molecule has 220 valence electrons. The van der Waals surface area contributed by atoms with Crippen LogP contribution in [0.5, 0.6) is 0 Å². The van der Waals surface area contributed by atoms with Gasteiger partial charge in [0.05, 0.1) is 16.9 Å². The Morgan fingerprint density at radius 2 is 1.78 bits per heavy atom. The molecule has 0 unspecified atom stereocenters. The molecule has 1 fully saturated rings. The van der Waals surface area contributed by atoms with Gasteiger partial charge in [0, 0.05) is 11.3 Å². The minimum absolute atomic E-state index is 0.0222. The zero-order valence-electron chi connectivity index (χ0n) is 22.6. The number of sulfonamides is 1. The van der Waals surface area contributed by atoms with Gasteiger partial charge in [0.1, 0.15) is 20.7 Å². The zero-order valence-corrected chi connectivity index (χ0v) is 26.6. The van der Waals surface area contributed by atoms with Crippen molar-refractivity contribution in [3.63, 3.8) is 0 Å². The number of thioether (sulfide) groups is 1. The molecule has 3 atom stereocenters. The number of aryl methyl sites for hydroxylation is 1. The molecule has 0 saturated carbocycles. The van der Waals surface area contributed by atoms with Crippen LogP contribution in [0.1, 0.15) is 30.5 Å². The molecule has 8 nitrogen and oxygen atoms in total. The van der Waals surface area contributed by atoms with Gasteiger partial charge in [0.2, 0.25) is 5.91 Å². The average molecular weight is 657 g/mol. The van der Waals surface area contributed by atoms with Crippen LogP contribution in [-0.4, -0.2) is 59.1 Å². The van der Waals surface area contributed by atoms with Gasteiger partial charge in [0.15, 0.2) is 0 Å². The first-order chi connectivity index (χ1) is 19.3. The fourth-order valence-electron chi connectivity index (χ4n) is 4.64. The van der Waals surface area contributed by atoms with Crippen LogP contribution in [0.25, 0.3) is 0 Å². The SMILES string of the molecule is Cc1ccccc1CNC(=O)[C@H]1N(C(=O)[C@@H](O)[C@H](Cc2ccccc2)NS(=O)(=O)c2cc(Cl)c(Cl)s2)CSC1(C)C. The van der Waals surface area contributed by atoms with Gasteiger partial charge < -0.3 is 15.3 Å². The second kappa shape index (κ2) is 13.0. The van der Waals surface area contributed by atoms with E-state index in [9.17, 15) is 23.1 Å². The van der Waals surface area contributed by atoms with E-state index in [1.54, 1.807) is 24.3 Å². The molecular formula is C28H31Cl2N3O5S3. The Balaban J connectivity index is 1.58. The van der Waals surface area contributed by atoms with Crippen molar-refractivity contribution in [1.29, 1.82) is 0 Å². The quantitative estimate of drug-likeness (QED) is 0.294. The molecule has 1 saturated heterocycles. The van der Waals surface area contributed by atoms with Crippen LogP contribution in [0.3, 0.4) is 0 Å². The first-order valence-electron chi connectivity index (χ1n) is 12.8. The highest BCUT2D eigenvalue weighted by molar-refractivity contribution is 8.00. The van der Waals surface area contributed by atoms with E-state index in [0.717, 1.165) is 22.5 Å². The predicted octanol–water partition coefficient (Wildman–Crippen LogP) is 4.61. The molecule has 4 rings (SSSR count). The maximum Gasteiger partial charge on any atom is 0.254 e. The second-order valence-electron chi connectivity index (χ2n) is 10.3. The van der Waals surface area contributed by atoms with Gasteiger partial charge in [-0.05, 0) is 49.9 Å². The lowest BCUT2D eigenvalue weighted by Gasteiger charge is -2.33. The fraction of sp³-hybridized carbons (Fsp3) is 0.357. The monoisotopic (exact) mass is 655 g/mol. The Morgan fingerprint density at radius 1 is 1.12 bits per heavy atom. The number of aliphatic hydroxyl groups excluding tert-OH is 1. The number of carbonyl (C=O) groups excluding carboxylic acids is 2. The molecule has 1 aliphatic heterocycles. The molecule has 0 radical (unpaired) electrons. The van der Waals surface area contributed by atoms with E-state index in [1.807, 2.05) is 51.1 Å². The van der Waals surface area contributed by atoms with Crippen molar-refractivity contribution in [3.05, 3.63) is 86.7 Å². The summed E-state index contributed by atoms with van der Waals surface area (Å²) in [5.74, 6) is -0.941. The summed E-state index contributed by atoms with van der Waals surface area (Å²) in [5, 5.41) is 14.4. The highest BCUT2D eigenvalue weighted by Gasteiger charge is 2.50. The zero-order chi connectivity index (χ0) is 29.9. The number of amides is 2. The number of nitrogens with zero attached hydrogens (tertiary/aromatic N) is 1. The van der Waals surface area contributed by atoms with Crippen LogP contribution in [0, 0.1) is 6.92 Å². The molecule has 0 bridgehead atoms. The van der Waals surface area contributed by atoms with Crippen molar-refractivity contribution in [2.24, 2.45) is 0 Å². The smallest absolute Gasteiger partial charge is 0.254 e. The standard InChI is InChI=1S/C28H31Cl2N3O5S3/c1-17-9-7-8-12-19(17)15-31-26(35)24-28(2,3)39-16-33(24)27(36)23(34)21(13-18-10-5-4-6-11-18)32-41(37,38)22-14-20(29)25(30)40-22/h4-12,14,21,23-24,32,34H,13,15-16H2,1-3H3,(H,31,35)/t21-,23-,24+/m0/s1. The summed E-state index contributed by atoms with van der Waals surface area (Å²) < 4.78 is 28.3. The van der Waals surface area contributed by atoms with E-state index in [2.05, 4.69) is 10.0 Å². The van der Waals surface area contributed by atoms with Crippen molar-refractivity contribution in [2.45, 2.75) is 60.9 Å². The summed E-state index contributed by atoms with van der Waals surface area (Å²) in [5.41, 5.74) is 2.69. The number of nitrogens with one attached hydrogen (secondary N) is 2. The van der Waals surface area contributed by atoms with Gasteiger partial charge in [-0.1, -0.05) is 77.8 Å². The van der Waals surface area contributed by atoms with Crippen molar-refractivity contribution in [3.8, 4) is 0 Å². The van der Waals surface area contributed by atoms with Crippen LogP contribution in [0.15, 0.2) is 64.9 Å². The fourth-order valence-corrected chi connectivity index (χ4v) is 8.92. The molecule has 3 aromatic rings. The van der Waals surface area contributed by atoms with Gasteiger partial charge in [0.25, 0.3) is 15.9 Å². The lowest BCUT2D eigenvalue weighted by atomic mass is 9.97. The third-order valence-corrected chi connectivity index (χ3v) is 12.1. The number of carbonyl (C=O) groups is 2. The lowest BCUT2D eigenvalue weighted by Crippen LogP contribution is -2.58. The van der Waals surface area contributed by atoms with Gasteiger partial charge in [-0.2, -0.15) is 0 Å². The number of aliphatic hydroxyl groups is 1. The summed E-state index contributed by atoms with van der Waals surface area (Å²) >= 11 is 14.2. The molecule has 13 heteroatoms. The molecule has 1 aliphatic rings. The number of halogens is 2. The van der Waals surface area contributed by atoms with Gasteiger partial charge in [-0.25, -0.2) is 13.1 Å². The van der Waals surface area contributed by atoms with Crippen molar-refractivity contribution < 1.29 is 23.1 Å². The predicted molar refractivity (Wildman–Crippen MR) is 165 cm³/mol. The number of hydrogen-bond donors (Lipinski definition) is 3. The van der Waals surface area contributed by atoms with E-state index >= 15 is 0 Å². The lowest BCUT2D eigenvalue weighted by molar-refractivity contribution is -0.147. The maximum atomic E-state index is 13.8. The Labute approximate surface area is 258 Å². The topological polar surface area (TPSA) is 116 Å². The van der Waals surface area contributed by atoms with Crippen LogP contribution in [-0.2, 0) is 32.6 Å². The highest BCUT2D eigenvalue weighted by atomic mass is 35.5. The Morgan fingerprint density at radius 3 is 2.41 bits per heavy atom. The first-order valence-corrected chi connectivity index (χ1v) is 16.8. The van der Waals surface area contributed by atoms with Crippen molar-refractivity contribution in [1.82, 2.24) is 14.9 Å². The number of benzene rings is 2. The Hall–Kier alpha value is -2.12. The van der Waals surface area contributed by atoms with E-state index in [1.165, 1.54) is 22.7 Å². The Bertz CT molecular complexity index is 1500. The third kappa shape index (κ3) is 7.45. The molecular weight excluding hydrogens is 625 g/mol. The summed E-state index contributed by atoms with van der Waals surface area (Å²) in [4.78, 5) is 28.6. The molecule has 3 N–H and O–H groups in total. The van der Waals surface area contributed by atoms with Crippen LogP contribution < -0.4 is 10.0 Å². The Kier molecular flexibility index (Phi) is 10.1. The van der Waals surface area contributed by atoms with Gasteiger partial charge in [-0.15, -0.1) is 23.1 Å². The number of rotatable bonds is 10. The molecule has 0 spiro atoms. The van der Waals surface area contributed by atoms with E-state index in [4.69, 9.17) is 23.2 Å². The minimum atomic E-state index is -4.19. The highest BCUT2D eigenvalue weighted by Crippen LogP contribution is 2.40. The molecule has 2 heterocycles. The minimum Gasteiger partial charge on any atom is -0.382 e. The molecule has 2 aromatic carbocycles. The molecule has 2 amide bonds. The first kappa shape index (κ1) is 31.8. The molecule has 41 heavy (non-hydrogen) atoms. The van der Waals surface area contributed by atoms with E-state index in [-0.39, 0.29) is 38.3 Å². The summed E-state index contributed by atoms with van der Waals surface area (Å²) in [7, 11) is -4.19. The van der Waals surface area contributed by atoms with E-state index in [0.29, 0.717) is 5.56 Å². The summed E-state index contributed by atoms with van der Waals surface area (Å²) in [6, 6.07) is 15.7. The average Bonchev–Trinajstić information content (AvgIpc) is 3.45. The van der Waals surface area contributed by atoms with E-state index < -0.39 is 38.9 Å². The largest absolute Gasteiger partial charge is 0.382 e. The second-order valence-corrected chi connectivity index (χ2v) is 15.9.